The fraction of sp³-hybridized carbons (Fsp3) is 0.421. The third-order valence-electron chi connectivity index (χ3n) is 4.66. The van der Waals surface area contributed by atoms with Gasteiger partial charge in [-0.2, -0.15) is 0 Å². The molecule has 0 atom stereocenters. The lowest BCUT2D eigenvalue weighted by Gasteiger charge is -2.34. The highest BCUT2D eigenvalue weighted by Crippen LogP contribution is 2.42. The van der Waals surface area contributed by atoms with Crippen LogP contribution in [0, 0.1) is 5.41 Å². The summed E-state index contributed by atoms with van der Waals surface area (Å²) in [6.07, 6.45) is 7.26. The molecule has 0 bridgehead atoms. The maximum absolute atomic E-state index is 4.53. The molecule has 0 unspecified atom stereocenters. The Hall–Kier alpha value is -1.63. The fourth-order valence-corrected chi connectivity index (χ4v) is 3.20. The summed E-state index contributed by atoms with van der Waals surface area (Å²) in [5.41, 5.74) is 4.32. The first-order valence-electron chi connectivity index (χ1n) is 7.65. The Kier molecular flexibility index (Phi) is 3.60. The molecule has 20 heavy (non-hydrogen) atoms. The van der Waals surface area contributed by atoms with Crippen molar-refractivity contribution in [1.29, 1.82) is 0 Å². The zero-order valence-corrected chi connectivity index (χ0v) is 12.5. The maximum Gasteiger partial charge on any atom is 0.0704 e. The molecule has 0 radical (unpaired) electrons. The number of pyridine rings is 1. The van der Waals surface area contributed by atoms with E-state index < -0.39 is 0 Å². The summed E-state index contributed by atoms with van der Waals surface area (Å²) in [6, 6.07) is 15.0. The van der Waals surface area contributed by atoms with E-state index in [1.54, 1.807) is 0 Å². The maximum atomic E-state index is 4.53. The summed E-state index contributed by atoms with van der Waals surface area (Å²) >= 11 is 0. The molecule has 0 aliphatic heterocycles. The van der Waals surface area contributed by atoms with Gasteiger partial charge < -0.3 is 0 Å². The number of hydrogen-bond acceptors (Lipinski definition) is 1. The number of hydrogen-bond donors (Lipinski definition) is 0. The van der Waals surface area contributed by atoms with Crippen LogP contribution >= 0.6 is 0 Å². The molecule has 3 rings (SSSR count). The third kappa shape index (κ3) is 2.92. The van der Waals surface area contributed by atoms with Crippen LogP contribution in [-0.2, 0) is 0 Å². The van der Waals surface area contributed by atoms with Gasteiger partial charge in [0, 0.05) is 11.8 Å². The van der Waals surface area contributed by atoms with Crippen molar-refractivity contribution < 1.29 is 0 Å². The molecule has 1 heteroatoms. The topological polar surface area (TPSA) is 12.9 Å². The first-order chi connectivity index (χ1) is 9.64. The van der Waals surface area contributed by atoms with Gasteiger partial charge in [0.2, 0.25) is 0 Å². The van der Waals surface area contributed by atoms with Gasteiger partial charge >= 0.3 is 0 Å². The van der Waals surface area contributed by atoms with E-state index in [-0.39, 0.29) is 0 Å². The van der Waals surface area contributed by atoms with Gasteiger partial charge in [-0.1, -0.05) is 44.2 Å². The Balaban J connectivity index is 1.82. The summed E-state index contributed by atoms with van der Waals surface area (Å²) in [4.78, 5) is 4.53. The fourth-order valence-electron chi connectivity index (χ4n) is 3.20. The molecule has 1 nitrogen and oxygen atoms in total. The lowest BCUT2D eigenvalue weighted by Crippen LogP contribution is -2.20. The second-order valence-electron chi connectivity index (χ2n) is 6.78. The normalized spacial score (nSPS) is 18.9. The van der Waals surface area contributed by atoms with Gasteiger partial charge in [0.05, 0.1) is 5.69 Å². The van der Waals surface area contributed by atoms with Crippen LogP contribution in [0.4, 0.5) is 0 Å². The van der Waals surface area contributed by atoms with Crippen LogP contribution in [0.2, 0.25) is 0 Å². The van der Waals surface area contributed by atoms with Crippen LogP contribution < -0.4 is 0 Å². The van der Waals surface area contributed by atoms with Crippen molar-refractivity contribution in [2.75, 3.05) is 0 Å². The van der Waals surface area contributed by atoms with E-state index in [9.17, 15) is 0 Å². The van der Waals surface area contributed by atoms with E-state index in [1.165, 1.54) is 36.8 Å². The minimum absolute atomic E-state index is 0.534. The van der Waals surface area contributed by atoms with Crippen LogP contribution in [0.5, 0.6) is 0 Å². The molecule has 0 spiro atoms. The van der Waals surface area contributed by atoms with Gasteiger partial charge in [0.1, 0.15) is 0 Å². The first kappa shape index (κ1) is 13.4. The van der Waals surface area contributed by atoms with Crippen molar-refractivity contribution >= 4 is 0 Å². The van der Waals surface area contributed by atoms with E-state index in [1.807, 2.05) is 6.20 Å². The Morgan fingerprint density at radius 1 is 1.00 bits per heavy atom. The summed E-state index contributed by atoms with van der Waals surface area (Å²) in [7, 11) is 0. The summed E-state index contributed by atoms with van der Waals surface area (Å²) in [6.45, 7) is 4.79. The summed E-state index contributed by atoms with van der Waals surface area (Å²) < 4.78 is 0. The molecule has 1 saturated carbocycles. The van der Waals surface area contributed by atoms with Crippen molar-refractivity contribution in [3.63, 3.8) is 0 Å². The van der Waals surface area contributed by atoms with Crippen molar-refractivity contribution in [3.8, 4) is 11.3 Å². The van der Waals surface area contributed by atoms with Crippen molar-refractivity contribution in [1.82, 2.24) is 4.98 Å². The molecule has 1 aliphatic carbocycles. The van der Waals surface area contributed by atoms with E-state index in [2.05, 4.69) is 61.3 Å². The first-order valence-corrected chi connectivity index (χ1v) is 7.65. The quantitative estimate of drug-likeness (QED) is 0.705. The second-order valence-corrected chi connectivity index (χ2v) is 6.78. The van der Waals surface area contributed by atoms with E-state index in [0.717, 1.165) is 5.69 Å². The predicted molar refractivity (Wildman–Crippen MR) is 84.7 cm³/mol. The van der Waals surface area contributed by atoms with Gasteiger partial charge in [0.25, 0.3) is 0 Å². The second kappa shape index (κ2) is 5.40. The van der Waals surface area contributed by atoms with Crippen LogP contribution in [0.25, 0.3) is 11.3 Å². The number of rotatable bonds is 2. The SMILES string of the molecule is CC1(C)CCC(c2ccnc(-c3ccccc3)c2)CC1. The molecule has 0 amide bonds. The number of benzene rings is 1. The van der Waals surface area contributed by atoms with Gasteiger partial charge in [-0.15, -0.1) is 0 Å². The van der Waals surface area contributed by atoms with Gasteiger partial charge in [0.15, 0.2) is 0 Å². The molecule has 1 aliphatic rings. The monoisotopic (exact) mass is 265 g/mol. The van der Waals surface area contributed by atoms with Gasteiger partial charge in [-0.05, 0) is 54.7 Å². The van der Waals surface area contributed by atoms with Crippen LogP contribution in [0.3, 0.4) is 0 Å². The van der Waals surface area contributed by atoms with Crippen LogP contribution in [0.1, 0.15) is 51.0 Å². The average Bonchev–Trinajstić information content (AvgIpc) is 2.48. The van der Waals surface area contributed by atoms with E-state index in [4.69, 9.17) is 0 Å². The molecular weight excluding hydrogens is 242 g/mol. The van der Waals surface area contributed by atoms with Crippen LogP contribution in [0.15, 0.2) is 48.7 Å². The highest BCUT2D eigenvalue weighted by molar-refractivity contribution is 5.59. The van der Waals surface area contributed by atoms with E-state index >= 15 is 0 Å². The number of nitrogens with zero attached hydrogens (tertiary/aromatic N) is 1. The smallest absolute Gasteiger partial charge is 0.0704 e. The lowest BCUT2D eigenvalue weighted by molar-refractivity contribution is 0.224. The molecule has 104 valence electrons. The molecule has 1 aromatic carbocycles. The summed E-state index contributed by atoms with van der Waals surface area (Å²) in [5, 5.41) is 0. The van der Waals surface area contributed by atoms with Crippen LogP contribution in [-0.4, -0.2) is 4.98 Å². The van der Waals surface area contributed by atoms with Crippen molar-refractivity contribution in [2.45, 2.75) is 45.4 Å². The molecule has 1 aromatic heterocycles. The van der Waals surface area contributed by atoms with Crippen molar-refractivity contribution in [2.24, 2.45) is 5.41 Å². The zero-order chi connectivity index (χ0) is 14.0. The molecule has 1 fully saturated rings. The number of aromatic nitrogens is 1. The highest BCUT2D eigenvalue weighted by Gasteiger charge is 2.27. The highest BCUT2D eigenvalue weighted by atomic mass is 14.7. The van der Waals surface area contributed by atoms with Gasteiger partial charge in [-0.25, -0.2) is 0 Å². The Bertz CT molecular complexity index is 561. The third-order valence-corrected chi connectivity index (χ3v) is 4.66. The lowest BCUT2D eigenvalue weighted by atomic mass is 9.71. The molecule has 0 N–H and O–H groups in total. The summed E-state index contributed by atoms with van der Waals surface area (Å²) in [5.74, 6) is 0.716. The molecular formula is C19H23N. The Labute approximate surface area is 122 Å². The Morgan fingerprint density at radius 3 is 2.40 bits per heavy atom. The molecule has 0 saturated heterocycles. The molecule has 2 aromatic rings. The standard InChI is InChI=1S/C19H23N/c1-19(2)11-8-15(9-12-19)17-10-13-20-18(14-17)16-6-4-3-5-7-16/h3-7,10,13-15H,8-9,11-12H2,1-2H3. The minimum Gasteiger partial charge on any atom is -0.256 e. The van der Waals surface area contributed by atoms with Gasteiger partial charge in [-0.3, -0.25) is 4.98 Å². The largest absolute Gasteiger partial charge is 0.256 e. The Morgan fingerprint density at radius 2 is 1.70 bits per heavy atom. The van der Waals surface area contributed by atoms with Crippen molar-refractivity contribution in [3.05, 3.63) is 54.2 Å². The van der Waals surface area contributed by atoms with E-state index in [0.29, 0.717) is 11.3 Å². The minimum atomic E-state index is 0.534. The average molecular weight is 265 g/mol. The molecule has 1 heterocycles. The predicted octanol–water partition coefficient (Wildman–Crippen LogP) is 5.43. The zero-order valence-electron chi connectivity index (χ0n) is 12.5.